The summed E-state index contributed by atoms with van der Waals surface area (Å²) in [5.74, 6) is 0.211. The van der Waals surface area contributed by atoms with Crippen LogP contribution in [0.4, 0.5) is 17.2 Å². The molecule has 36 heavy (non-hydrogen) atoms. The number of nitro groups is 2. The Kier molecular flexibility index (Phi) is 5.90. The van der Waals surface area contributed by atoms with Crippen molar-refractivity contribution in [2.75, 3.05) is 5.73 Å². The number of nitrogens with two attached hydrogens (primary N) is 1. The van der Waals surface area contributed by atoms with Gasteiger partial charge in [-0.05, 0) is 60.4 Å². The van der Waals surface area contributed by atoms with Crippen molar-refractivity contribution in [3.63, 3.8) is 0 Å². The van der Waals surface area contributed by atoms with Crippen molar-refractivity contribution in [2.45, 2.75) is 13.8 Å². The molecule has 0 bridgehead atoms. The Morgan fingerprint density at radius 3 is 2.31 bits per heavy atom. The molecular weight excluding hydrogens is 464 g/mol. The van der Waals surface area contributed by atoms with Gasteiger partial charge in [0, 0.05) is 11.6 Å². The van der Waals surface area contributed by atoms with E-state index in [0.717, 1.165) is 23.3 Å². The lowest BCUT2D eigenvalue weighted by Gasteiger charge is -2.11. The number of nitriles is 2. The van der Waals surface area contributed by atoms with Gasteiger partial charge in [-0.25, -0.2) is 4.98 Å². The van der Waals surface area contributed by atoms with Crippen molar-refractivity contribution >= 4 is 34.4 Å². The number of ether oxygens (including phenoxy) is 1. The summed E-state index contributed by atoms with van der Waals surface area (Å²) in [4.78, 5) is 25.1. The highest BCUT2D eigenvalue weighted by molar-refractivity contribution is 6.08. The van der Waals surface area contributed by atoms with Crippen LogP contribution in [0.15, 0.2) is 48.0 Å². The van der Waals surface area contributed by atoms with E-state index >= 15 is 0 Å². The minimum absolute atomic E-state index is 0.0670. The zero-order valence-corrected chi connectivity index (χ0v) is 19.0. The first-order chi connectivity index (χ1) is 17.2. The predicted molar refractivity (Wildman–Crippen MR) is 130 cm³/mol. The Balaban J connectivity index is 1.71. The normalized spacial score (nSPS) is 13.2. The third-order valence-corrected chi connectivity index (χ3v) is 5.75. The van der Waals surface area contributed by atoms with Gasteiger partial charge < -0.3 is 10.5 Å². The van der Waals surface area contributed by atoms with Gasteiger partial charge in [0.25, 0.3) is 5.69 Å². The number of nitrogen functional groups attached to an aromatic ring is 1. The van der Waals surface area contributed by atoms with Gasteiger partial charge >= 0.3 is 5.69 Å². The van der Waals surface area contributed by atoms with Crippen molar-refractivity contribution < 1.29 is 14.6 Å². The van der Waals surface area contributed by atoms with Gasteiger partial charge in [-0.15, -0.1) is 0 Å². The third-order valence-electron chi connectivity index (χ3n) is 5.75. The molecular formula is C25H16N6O5. The molecule has 1 aromatic heterocycles. The van der Waals surface area contributed by atoms with E-state index in [4.69, 9.17) is 10.5 Å². The van der Waals surface area contributed by atoms with E-state index in [2.05, 4.69) is 17.1 Å². The summed E-state index contributed by atoms with van der Waals surface area (Å²) in [6.45, 7) is 3.55. The number of hydrogen-bond donors (Lipinski definition) is 1. The number of nitrogens with zero attached hydrogens (tertiary/aromatic N) is 5. The van der Waals surface area contributed by atoms with Crippen LogP contribution in [0, 0.1) is 49.8 Å². The second kappa shape index (κ2) is 9.00. The Hall–Kier alpha value is -5.55. The summed E-state index contributed by atoms with van der Waals surface area (Å²) < 4.78 is 5.61. The highest BCUT2D eigenvalue weighted by atomic mass is 16.6. The number of non-ortho nitro benzene ring substituents is 1. The fourth-order valence-electron chi connectivity index (χ4n) is 3.97. The fourth-order valence-corrected chi connectivity index (χ4v) is 3.97. The molecule has 2 aromatic carbocycles. The van der Waals surface area contributed by atoms with Gasteiger partial charge in [-0.1, -0.05) is 12.1 Å². The smallest absolute Gasteiger partial charge is 0.318 e. The van der Waals surface area contributed by atoms with Crippen molar-refractivity contribution in [3.05, 3.63) is 96.2 Å². The Bertz CT molecular complexity index is 1610. The summed E-state index contributed by atoms with van der Waals surface area (Å²) >= 11 is 0. The number of benzene rings is 2. The van der Waals surface area contributed by atoms with Crippen LogP contribution in [0.25, 0.3) is 17.2 Å². The predicted octanol–water partition coefficient (Wildman–Crippen LogP) is 5.30. The fraction of sp³-hybridized carbons (Fsp3) is 0.0800. The number of hydrogen-bond acceptors (Lipinski definition) is 9. The van der Waals surface area contributed by atoms with Crippen LogP contribution in [0.2, 0.25) is 0 Å². The lowest BCUT2D eigenvalue weighted by molar-refractivity contribution is -0.394. The number of aromatic nitrogens is 1. The SMILES string of the molecule is CC1=C(C#N)c2nc(N)c(C#N)c(C)c2/C1=C/c1ccc(Oc2ccc([N+](=O)[O-])cc2[N+](=O)[O-])cc1. The van der Waals surface area contributed by atoms with E-state index < -0.39 is 21.2 Å². The molecule has 2 N–H and O–H groups in total. The maximum absolute atomic E-state index is 11.3. The highest BCUT2D eigenvalue weighted by Gasteiger charge is 2.29. The van der Waals surface area contributed by atoms with Crippen LogP contribution < -0.4 is 10.5 Å². The lowest BCUT2D eigenvalue weighted by Crippen LogP contribution is -2.03. The summed E-state index contributed by atoms with van der Waals surface area (Å²) in [7, 11) is 0. The maximum atomic E-state index is 11.3. The first kappa shape index (κ1) is 23.6. The molecule has 0 amide bonds. The third kappa shape index (κ3) is 3.97. The molecule has 1 aliphatic rings. The van der Waals surface area contributed by atoms with Gasteiger partial charge in [0.2, 0.25) is 5.75 Å². The van der Waals surface area contributed by atoms with Crippen LogP contribution >= 0.6 is 0 Å². The summed E-state index contributed by atoms with van der Waals surface area (Å²) in [6, 6.07) is 14.0. The largest absolute Gasteiger partial charge is 0.450 e. The van der Waals surface area contributed by atoms with Crippen LogP contribution in [0.5, 0.6) is 11.5 Å². The monoisotopic (exact) mass is 480 g/mol. The average molecular weight is 480 g/mol. The van der Waals surface area contributed by atoms with Gasteiger partial charge in [0.05, 0.1) is 32.7 Å². The number of pyridine rings is 1. The van der Waals surface area contributed by atoms with Crippen LogP contribution in [-0.4, -0.2) is 14.8 Å². The van der Waals surface area contributed by atoms with E-state index in [0.29, 0.717) is 28.0 Å². The molecule has 0 saturated heterocycles. The summed E-state index contributed by atoms with van der Waals surface area (Å²) in [5, 5.41) is 41.4. The number of allylic oxidation sites excluding steroid dienone is 3. The first-order valence-corrected chi connectivity index (χ1v) is 10.4. The van der Waals surface area contributed by atoms with Gasteiger partial charge in [0.1, 0.15) is 23.7 Å². The molecule has 0 aliphatic heterocycles. The average Bonchev–Trinajstić information content (AvgIpc) is 3.10. The molecule has 4 rings (SSSR count). The zero-order valence-electron chi connectivity index (χ0n) is 19.0. The minimum Gasteiger partial charge on any atom is -0.450 e. The number of rotatable bonds is 5. The quantitative estimate of drug-likeness (QED) is 0.374. The molecule has 0 spiro atoms. The maximum Gasteiger partial charge on any atom is 0.318 e. The molecule has 0 unspecified atom stereocenters. The molecule has 0 atom stereocenters. The molecule has 176 valence electrons. The van der Waals surface area contributed by atoms with E-state index in [-0.39, 0.29) is 22.9 Å². The topological polar surface area (TPSA) is 182 Å². The van der Waals surface area contributed by atoms with Crippen molar-refractivity contribution in [3.8, 4) is 23.6 Å². The minimum atomic E-state index is -0.751. The van der Waals surface area contributed by atoms with Gasteiger partial charge in [-0.3, -0.25) is 20.2 Å². The lowest BCUT2D eigenvalue weighted by atomic mass is 9.95. The van der Waals surface area contributed by atoms with E-state index in [1.54, 1.807) is 38.1 Å². The number of nitro benzene ring substituents is 2. The number of anilines is 1. The summed E-state index contributed by atoms with van der Waals surface area (Å²) in [5.41, 5.74) is 9.47. The second-order valence-corrected chi connectivity index (χ2v) is 7.84. The van der Waals surface area contributed by atoms with Crippen LogP contribution in [0.1, 0.15) is 34.9 Å². The molecule has 0 radical (unpaired) electrons. The Labute approximate surface area is 204 Å². The number of fused-ring (bicyclic) bond motifs is 1. The zero-order chi connectivity index (χ0) is 26.1. The van der Waals surface area contributed by atoms with Crippen molar-refractivity contribution in [1.29, 1.82) is 10.5 Å². The van der Waals surface area contributed by atoms with E-state index in [1.807, 2.05) is 6.08 Å². The Morgan fingerprint density at radius 2 is 1.72 bits per heavy atom. The van der Waals surface area contributed by atoms with Crippen LogP contribution in [-0.2, 0) is 0 Å². The molecule has 11 heteroatoms. The van der Waals surface area contributed by atoms with Crippen LogP contribution in [0.3, 0.4) is 0 Å². The highest BCUT2D eigenvalue weighted by Crippen LogP contribution is 2.44. The molecule has 1 aliphatic carbocycles. The molecule has 3 aromatic rings. The molecule has 0 fully saturated rings. The molecule has 11 nitrogen and oxygen atoms in total. The Morgan fingerprint density at radius 1 is 1.03 bits per heavy atom. The molecule has 1 heterocycles. The van der Waals surface area contributed by atoms with Crippen molar-refractivity contribution in [1.82, 2.24) is 4.98 Å². The van der Waals surface area contributed by atoms with Gasteiger partial charge in [0.15, 0.2) is 0 Å². The first-order valence-electron chi connectivity index (χ1n) is 10.4. The van der Waals surface area contributed by atoms with E-state index in [9.17, 15) is 30.8 Å². The standard InChI is InChI=1S/C25H16N6O5/c1-13-18(23-14(2)20(12-27)25(28)29-24(23)19(13)11-26)9-15-3-6-17(7-4-15)36-22-8-5-16(30(32)33)10-21(22)31(34)35/h3-10H,1-2H3,(H2,28,29)/b18-9+. The van der Waals surface area contributed by atoms with Crippen molar-refractivity contribution in [2.24, 2.45) is 0 Å². The molecule has 0 saturated carbocycles. The second-order valence-electron chi connectivity index (χ2n) is 7.84. The van der Waals surface area contributed by atoms with E-state index in [1.165, 1.54) is 6.07 Å². The van der Waals surface area contributed by atoms with Gasteiger partial charge in [-0.2, -0.15) is 10.5 Å². The summed E-state index contributed by atoms with van der Waals surface area (Å²) in [6.07, 6.45) is 1.84.